The molecule has 0 spiro atoms. The number of hydrogen-bond donors (Lipinski definition) is 2. The molecule has 1 unspecified atom stereocenters. The second kappa shape index (κ2) is 9.20. The largest absolute Gasteiger partial charge is 0.482 e. The highest BCUT2D eigenvalue weighted by Gasteiger charge is 2.12. The van der Waals surface area contributed by atoms with Crippen molar-refractivity contribution in [1.29, 1.82) is 0 Å². The molecule has 0 saturated heterocycles. The Hall–Kier alpha value is -2.60. The van der Waals surface area contributed by atoms with Crippen molar-refractivity contribution in [1.82, 2.24) is 5.32 Å². The highest BCUT2D eigenvalue weighted by Crippen LogP contribution is 2.24. The van der Waals surface area contributed by atoms with Crippen molar-refractivity contribution in [3.8, 4) is 5.75 Å². The number of halogens is 2. The first-order valence-corrected chi connectivity index (χ1v) is 8.54. The van der Waals surface area contributed by atoms with Crippen LogP contribution in [-0.4, -0.2) is 18.4 Å². The van der Waals surface area contributed by atoms with Crippen LogP contribution in [0.1, 0.15) is 31.9 Å². The fourth-order valence-corrected chi connectivity index (χ4v) is 2.43. The van der Waals surface area contributed by atoms with Crippen LogP contribution in [0.5, 0.6) is 5.75 Å². The van der Waals surface area contributed by atoms with Gasteiger partial charge in [-0.3, -0.25) is 9.59 Å². The van der Waals surface area contributed by atoms with Gasteiger partial charge in [-0.15, -0.1) is 0 Å². The maximum atomic E-state index is 13.0. The van der Waals surface area contributed by atoms with Gasteiger partial charge in [-0.1, -0.05) is 30.7 Å². The van der Waals surface area contributed by atoms with Crippen LogP contribution in [-0.2, 0) is 9.59 Å². The number of hydrogen-bond acceptors (Lipinski definition) is 3. The minimum absolute atomic E-state index is 0.0595. The van der Waals surface area contributed by atoms with E-state index in [9.17, 15) is 14.0 Å². The lowest BCUT2D eigenvalue weighted by atomic mass is 10.1. The minimum Gasteiger partial charge on any atom is -0.482 e. The number of rotatable bonds is 7. The monoisotopic (exact) mass is 378 g/mol. The van der Waals surface area contributed by atoms with E-state index in [-0.39, 0.29) is 35.2 Å². The van der Waals surface area contributed by atoms with E-state index in [4.69, 9.17) is 16.3 Å². The third-order valence-electron chi connectivity index (χ3n) is 3.65. The van der Waals surface area contributed by atoms with Gasteiger partial charge >= 0.3 is 0 Å². The van der Waals surface area contributed by atoms with Gasteiger partial charge in [-0.25, -0.2) is 4.39 Å². The molecule has 0 radical (unpaired) electrons. The zero-order chi connectivity index (χ0) is 19.1. The molecule has 0 aliphatic carbocycles. The van der Waals surface area contributed by atoms with E-state index in [0.29, 0.717) is 12.1 Å². The summed E-state index contributed by atoms with van der Waals surface area (Å²) < 4.78 is 18.3. The normalized spacial score (nSPS) is 11.5. The Kier molecular flexibility index (Phi) is 6.97. The number of carbonyl (C=O) groups is 2. The predicted octanol–water partition coefficient (Wildman–Crippen LogP) is 4.08. The van der Waals surface area contributed by atoms with Crippen LogP contribution in [0.3, 0.4) is 0 Å². The average molecular weight is 379 g/mol. The molecule has 0 aromatic heterocycles. The zero-order valence-electron chi connectivity index (χ0n) is 14.5. The summed E-state index contributed by atoms with van der Waals surface area (Å²) in [6.45, 7) is 3.38. The number of amides is 2. The molecule has 2 rings (SSSR count). The van der Waals surface area contributed by atoms with Crippen molar-refractivity contribution in [2.24, 2.45) is 0 Å². The molecular formula is C19H20ClFN2O3. The summed E-state index contributed by atoms with van der Waals surface area (Å²) in [7, 11) is 0. The molecule has 26 heavy (non-hydrogen) atoms. The van der Waals surface area contributed by atoms with E-state index >= 15 is 0 Å². The highest BCUT2D eigenvalue weighted by atomic mass is 35.5. The second-order valence-electron chi connectivity index (χ2n) is 5.68. The van der Waals surface area contributed by atoms with Gasteiger partial charge in [0.05, 0.1) is 11.1 Å². The summed E-state index contributed by atoms with van der Waals surface area (Å²) in [4.78, 5) is 23.4. The van der Waals surface area contributed by atoms with E-state index in [1.165, 1.54) is 12.1 Å². The maximum absolute atomic E-state index is 13.0. The first-order chi connectivity index (χ1) is 12.4. The third-order valence-corrected chi connectivity index (χ3v) is 3.94. The smallest absolute Gasteiger partial charge is 0.258 e. The van der Waals surface area contributed by atoms with Gasteiger partial charge in [-0.2, -0.15) is 0 Å². The summed E-state index contributed by atoms with van der Waals surface area (Å²) in [5.74, 6) is -0.622. The number of anilines is 1. The summed E-state index contributed by atoms with van der Waals surface area (Å²) in [6.07, 6.45) is 0.409. The van der Waals surface area contributed by atoms with Crippen molar-refractivity contribution in [3.63, 3.8) is 0 Å². The Balaban J connectivity index is 1.87. The SMILES string of the molecule is CCC(=O)Nc1ccc(C(C)NC(=O)COc2ccc(F)cc2Cl)cc1. The molecule has 2 N–H and O–H groups in total. The molecule has 0 heterocycles. The van der Waals surface area contributed by atoms with Crippen LogP contribution in [0.2, 0.25) is 5.02 Å². The molecule has 5 nitrogen and oxygen atoms in total. The molecule has 2 amide bonds. The molecule has 0 bridgehead atoms. The second-order valence-corrected chi connectivity index (χ2v) is 6.08. The topological polar surface area (TPSA) is 67.4 Å². The quantitative estimate of drug-likeness (QED) is 0.762. The van der Waals surface area contributed by atoms with Crippen molar-refractivity contribution in [3.05, 3.63) is 58.9 Å². The Morgan fingerprint density at radius 2 is 1.85 bits per heavy atom. The van der Waals surface area contributed by atoms with Gasteiger partial charge in [0.15, 0.2) is 6.61 Å². The third kappa shape index (κ3) is 5.74. The lowest BCUT2D eigenvalue weighted by molar-refractivity contribution is -0.123. The standard InChI is InChI=1S/C19H20ClFN2O3/c1-3-18(24)23-15-7-4-13(5-8-15)12(2)22-19(25)11-26-17-9-6-14(21)10-16(17)20/h4-10,12H,3,11H2,1-2H3,(H,22,25)(H,23,24). The van der Waals surface area contributed by atoms with Crippen molar-refractivity contribution in [2.75, 3.05) is 11.9 Å². The molecule has 138 valence electrons. The van der Waals surface area contributed by atoms with Gasteiger partial charge in [0, 0.05) is 12.1 Å². The zero-order valence-corrected chi connectivity index (χ0v) is 15.3. The van der Waals surface area contributed by atoms with Crippen LogP contribution in [0.15, 0.2) is 42.5 Å². The van der Waals surface area contributed by atoms with E-state index in [2.05, 4.69) is 10.6 Å². The number of nitrogens with one attached hydrogen (secondary N) is 2. The Morgan fingerprint density at radius 3 is 2.46 bits per heavy atom. The predicted molar refractivity (Wildman–Crippen MR) is 98.8 cm³/mol. The molecule has 0 aliphatic rings. The fourth-order valence-electron chi connectivity index (χ4n) is 2.21. The van der Waals surface area contributed by atoms with E-state index in [1.54, 1.807) is 19.1 Å². The van der Waals surface area contributed by atoms with Crippen molar-refractivity contribution >= 4 is 29.1 Å². The molecule has 7 heteroatoms. The Morgan fingerprint density at radius 1 is 1.15 bits per heavy atom. The number of benzene rings is 2. The molecule has 2 aromatic carbocycles. The molecule has 0 aliphatic heterocycles. The molecule has 0 saturated carbocycles. The van der Waals surface area contributed by atoms with Gasteiger partial charge < -0.3 is 15.4 Å². The molecule has 1 atom stereocenters. The number of carbonyl (C=O) groups excluding carboxylic acids is 2. The van der Waals surface area contributed by atoms with Gasteiger partial charge in [0.25, 0.3) is 5.91 Å². The summed E-state index contributed by atoms with van der Waals surface area (Å²) in [5.41, 5.74) is 1.58. The average Bonchev–Trinajstić information content (AvgIpc) is 2.61. The van der Waals surface area contributed by atoms with Crippen LogP contribution >= 0.6 is 11.6 Å². The minimum atomic E-state index is -0.473. The summed E-state index contributed by atoms with van der Waals surface area (Å²) >= 11 is 5.85. The number of ether oxygens (including phenoxy) is 1. The highest BCUT2D eigenvalue weighted by molar-refractivity contribution is 6.32. The maximum Gasteiger partial charge on any atom is 0.258 e. The molecule has 0 fully saturated rings. The lowest BCUT2D eigenvalue weighted by Crippen LogP contribution is -2.31. The van der Waals surface area contributed by atoms with Crippen LogP contribution < -0.4 is 15.4 Å². The van der Waals surface area contributed by atoms with Gasteiger partial charge in [0.1, 0.15) is 11.6 Å². The van der Waals surface area contributed by atoms with Crippen molar-refractivity contribution in [2.45, 2.75) is 26.3 Å². The van der Waals surface area contributed by atoms with E-state index in [1.807, 2.05) is 19.1 Å². The van der Waals surface area contributed by atoms with Crippen LogP contribution in [0, 0.1) is 5.82 Å². The van der Waals surface area contributed by atoms with Crippen LogP contribution in [0.25, 0.3) is 0 Å². The Labute approximate surface area is 156 Å². The molecular weight excluding hydrogens is 359 g/mol. The lowest BCUT2D eigenvalue weighted by Gasteiger charge is -2.15. The fraction of sp³-hybridized carbons (Fsp3) is 0.263. The Bertz CT molecular complexity index is 781. The first kappa shape index (κ1) is 19.7. The first-order valence-electron chi connectivity index (χ1n) is 8.16. The van der Waals surface area contributed by atoms with E-state index < -0.39 is 5.82 Å². The van der Waals surface area contributed by atoms with Crippen molar-refractivity contribution < 1.29 is 18.7 Å². The van der Waals surface area contributed by atoms with E-state index in [0.717, 1.165) is 11.6 Å². The van der Waals surface area contributed by atoms with Crippen LogP contribution in [0.4, 0.5) is 10.1 Å². The summed E-state index contributed by atoms with van der Waals surface area (Å²) in [6, 6.07) is 10.7. The van der Waals surface area contributed by atoms with Gasteiger partial charge in [0.2, 0.25) is 5.91 Å². The molecule has 2 aromatic rings. The van der Waals surface area contributed by atoms with Gasteiger partial charge in [-0.05, 0) is 42.8 Å². The summed E-state index contributed by atoms with van der Waals surface area (Å²) in [5, 5.41) is 5.67.